The number of para-hydroxylation sites is 1. The number of amides is 3. The van der Waals surface area contributed by atoms with Gasteiger partial charge in [-0.15, -0.1) is 0 Å². The number of fused-ring (bicyclic) bond motifs is 1. The maximum absolute atomic E-state index is 13.0. The standard InChI is InChI=1S/C21H32N6O8S/c1-3-23-19(28)14-26-12-15(17-6-4-5-7-18(17)26)13-27(8-9-34-2)36(32,33)25-21(31)35-16(10-22)11-24-20(29)30/h4-7,12,16,24H,3,8-11,13-14,22H2,1-2H3,(H,23,28)(H,25,31)(H,29,30). The number of carbonyl (C=O) groups excluding carboxylic acids is 2. The van der Waals surface area contributed by atoms with Crippen molar-refractivity contribution in [1.29, 1.82) is 0 Å². The molecule has 1 unspecified atom stereocenters. The van der Waals surface area contributed by atoms with Crippen LogP contribution in [0.3, 0.4) is 0 Å². The van der Waals surface area contributed by atoms with Gasteiger partial charge in [0, 0.05) is 50.4 Å². The summed E-state index contributed by atoms with van der Waals surface area (Å²) in [6.45, 7) is 1.63. The van der Waals surface area contributed by atoms with E-state index in [1.54, 1.807) is 16.8 Å². The average molecular weight is 529 g/mol. The summed E-state index contributed by atoms with van der Waals surface area (Å²) in [5.74, 6) is -0.190. The Kier molecular flexibility index (Phi) is 10.9. The highest BCUT2D eigenvalue weighted by atomic mass is 32.2. The van der Waals surface area contributed by atoms with Crippen molar-refractivity contribution in [3.63, 3.8) is 0 Å². The zero-order valence-corrected chi connectivity index (χ0v) is 20.9. The van der Waals surface area contributed by atoms with Crippen LogP contribution in [0.2, 0.25) is 0 Å². The van der Waals surface area contributed by atoms with E-state index in [2.05, 4.69) is 5.32 Å². The molecule has 0 saturated heterocycles. The molecule has 1 aromatic heterocycles. The number of rotatable bonds is 14. The maximum Gasteiger partial charge on any atom is 0.422 e. The largest absolute Gasteiger partial charge is 0.465 e. The highest BCUT2D eigenvalue weighted by molar-refractivity contribution is 7.87. The van der Waals surface area contributed by atoms with Crippen LogP contribution >= 0.6 is 0 Å². The lowest BCUT2D eigenvalue weighted by molar-refractivity contribution is -0.121. The van der Waals surface area contributed by atoms with Crippen LogP contribution in [0.4, 0.5) is 9.59 Å². The number of nitrogens with one attached hydrogen (secondary N) is 3. The summed E-state index contributed by atoms with van der Waals surface area (Å²) in [5.41, 5.74) is 6.81. The minimum Gasteiger partial charge on any atom is -0.465 e. The van der Waals surface area contributed by atoms with Crippen molar-refractivity contribution < 1.29 is 37.4 Å². The van der Waals surface area contributed by atoms with Crippen LogP contribution in [0, 0.1) is 0 Å². The van der Waals surface area contributed by atoms with Crippen LogP contribution in [-0.4, -0.2) is 86.5 Å². The number of carbonyl (C=O) groups is 3. The van der Waals surface area contributed by atoms with Gasteiger partial charge >= 0.3 is 22.4 Å². The molecule has 0 aliphatic carbocycles. The molecule has 2 rings (SSSR count). The molecule has 0 aliphatic rings. The summed E-state index contributed by atoms with van der Waals surface area (Å²) in [6.07, 6.45) is -2.04. The van der Waals surface area contributed by atoms with Gasteiger partial charge in [-0.1, -0.05) is 18.2 Å². The fourth-order valence-corrected chi connectivity index (χ4v) is 4.39. The lowest BCUT2D eigenvalue weighted by Gasteiger charge is -2.23. The summed E-state index contributed by atoms with van der Waals surface area (Å²) < 4.78 is 40.6. The second-order valence-corrected chi connectivity index (χ2v) is 9.31. The number of carboxylic acid groups (broad SMARTS) is 1. The molecule has 0 spiro atoms. The van der Waals surface area contributed by atoms with Gasteiger partial charge in [-0.2, -0.15) is 12.7 Å². The molecule has 6 N–H and O–H groups in total. The number of aromatic nitrogens is 1. The van der Waals surface area contributed by atoms with E-state index in [0.717, 1.165) is 15.2 Å². The van der Waals surface area contributed by atoms with Crippen molar-refractivity contribution in [2.45, 2.75) is 26.1 Å². The molecule has 0 aliphatic heterocycles. The molecule has 36 heavy (non-hydrogen) atoms. The lowest BCUT2D eigenvalue weighted by Crippen LogP contribution is -2.47. The molecule has 1 atom stereocenters. The monoisotopic (exact) mass is 528 g/mol. The van der Waals surface area contributed by atoms with E-state index in [9.17, 15) is 22.8 Å². The van der Waals surface area contributed by atoms with Crippen molar-refractivity contribution in [3.8, 4) is 0 Å². The zero-order chi connectivity index (χ0) is 26.7. The Labute approximate surface area is 208 Å². The molecule has 200 valence electrons. The Morgan fingerprint density at radius 3 is 2.58 bits per heavy atom. The Bertz CT molecular complexity index is 1150. The fourth-order valence-electron chi connectivity index (χ4n) is 3.37. The lowest BCUT2D eigenvalue weighted by atomic mass is 10.2. The van der Waals surface area contributed by atoms with Gasteiger partial charge in [0.15, 0.2) is 0 Å². The first-order valence-corrected chi connectivity index (χ1v) is 12.5. The van der Waals surface area contributed by atoms with Gasteiger partial charge in [0.05, 0.1) is 13.2 Å². The maximum atomic E-state index is 13.0. The van der Waals surface area contributed by atoms with Gasteiger partial charge in [-0.05, 0) is 18.6 Å². The van der Waals surface area contributed by atoms with Gasteiger partial charge in [-0.3, -0.25) is 4.79 Å². The second kappa shape index (κ2) is 13.6. The number of nitrogens with zero attached hydrogens (tertiary/aromatic N) is 2. The zero-order valence-electron chi connectivity index (χ0n) is 20.1. The van der Waals surface area contributed by atoms with Crippen LogP contribution in [0.15, 0.2) is 30.5 Å². The SMILES string of the molecule is CCNC(=O)Cn1cc(CN(CCOC)S(=O)(=O)NC(=O)OC(CN)CNC(=O)O)c2ccccc21. The molecule has 0 fully saturated rings. The van der Waals surface area contributed by atoms with Gasteiger partial charge in [0.1, 0.15) is 12.6 Å². The molecule has 0 bridgehead atoms. The first-order chi connectivity index (χ1) is 17.1. The molecule has 2 aromatic rings. The van der Waals surface area contributed by atoms with Crippen LogP contribution < -0.4 is 21.1 Å². The van der Waals surface area contributed by atoms with Crippen molar-refractivity contribution in [1.82, 2.24) is 24.2 Å². The molecule has 0 radical (unpaired) electrons. The van der Waals surface area contributed by atoms with Crippen molar-refractivity contribution in [2.75, 3.05) is 39.9 Å². The van der Waals surface area contributed by atoms with Crippen LogP contribution in [-0.2, 0) is 37.6 Å². The molecule has 0 saturated carbocycles. The third kappa shape index (κ3) is 8.37. The van der Waals surface area contributed by atoms with E-state index in [0.29, 0.717) is 12.1 Å². The van der Waals surface area contributed by atoms with Gasteiger partial charge < -0.3 is 35.5 Å². The minimum absolute atomic E-state index is 0.0431. The second-order valence-electron chi connectivity index (χ2n) is 7.64. The number of hydrogen-bond donors (Lipinski definition) is 5. The van der Waals surface area contributed by atoms with Crippen molar-refractivity contribution in [2.24, 2.45) is 5.73 Å². The van der Waals surface area contributed by atoms with E-state index >= 15 is 0 Å². The quantitative estimate of drug-likeness (QED) is 0.220. The Morgan fingerprint density at radius 2 is 1.94 bits per heavy atom. The predicted molar refractivity (Wildman–Crippen MR) is 130 cm³/mol. The van der Waals surface area contributed by atoms with Crippen molar-refractivity contribution in [3.05, 3.63) is 36.0 Å². The normalized spacial score (nSPS) is 12.3. The van der Waals surface area contributed by atoms with Crippen molar-refractivity contribution >= 4 is 39.2 Å². The van der Waals surface area contributed by atoms with Crippen LogP contribution in [0.5, 0.6) is 0 Å². The Morgan fingerprint density at radius 1 is 1.22 bits per heavy atom. The summed E-state index contributed by atoms with van der Waals surface area (Å²) in [5, 5.41) is 14.2. The van der Waals surface area contributed by atoms with E-state index in [1.807, 2.05) is 35.2 Å². The molecule has 1 heterocycles. The fraction of sp³-hybridized carbons (Fsp3) is 0.476. The molecule has 1 aromatic carbocycles. The van der Waals surface area contributed by atoms with Crippen LogP contribution in [0.25, 0.3) is 10.9 Å². The summed E-state index contributed by atoms with van der Waals surface area (Å²) in [4.78, 5) is 35.0. The highest BCUT2D eigenvalue weighted by Gasteiger charge is 2.27. The Hall–Kier alpha value is -3.40. The summed E-state index contributed by atoms with van der Waals surface area (Å²) in [7, 11) is -3.00. The number of ether oxygens (including phenoxy) is 2. The third-order valence-electron chi connectivity index (χ3n) is 5.02. The molecular weight excluding hydrogens is 496 g/mol. The minimum atomic E-state index is -4.41. The van der Waals surface area contributed by atoms with E-state index in [-0.39, 0.29) is 45.2 Å². The van der Waals surface area contributed by atoms with Crippen LogP contribution in [0.1, 0.15) is 12.5 Å². The van der Waals surface area contributed by atoms with Gasteiger partial charge in [-0.25, -0.2) is 14.3 Å². The summed E-state index contributed by atoms with van der Waals surface area (Å²) >= 11 is 0. The summed E-state index contributed by atoms with van der Waals surface area (Å²) in [6, 6.07) is 7.23. The highest BCUT2D eigenvalue weighted by Crippen LogP contribution is 2.23. The topological polar surface area (TPSA) is 194 Å². The van der Waals surface area contributed by atoms with E-state index < -0.39 is 28.5 Å². The average Bonchev–Trinajstić information content (AvgIpc) is 3.16. The molecular formula is C21H32N6O8S. The van der Waals surface area contributed by atoms with E-state index in [4.69, 9.17) is 20.3 Å². The first kappa shape index (κ1) is 28.8. The molecule has 14 nitrogen and oxygen atoms in total. The van der Waals surface area contributed by atoms with Gasteiger partial charge in [0.25, 0.3) is 0 Å². The number of likely N-dealkylation sites (N-methyl/N-ethyl adjacent to an activating group) is 1. The predicted octanol–water partition coefficient (Wildman–Crippen LogP) is -0.208. The molecule has 3 amide bonds. The number of benzene rings is 1. The number of methoxy groups -OCH3 is 1. The smallest absolute Gasteiger partial charge is 0.422 e. The molecule has 15 heteroatoms. The van der Waals surface area contributed by atoms with E-state index in [1.165, 1.54) is 7.11 Å². The van der Waals surface area contributed by atoms with Gasteiger partial charge in [0.2, 0.25) is 5.91 Å². The first-order valence-electron chi connectivity index (χ1n) is 11.1. The Balaban J connectivity index is 2.25. The third-order valence-corrected chi connectivity index (χ3v) is 6.44. The number of hydrogen-bond acceptors (Lipinski definition) is 8. The number of nitrogens with two attached hydrogens (primary N) is 1.